The summed E-state index contributed by atoms with van der Waals surface area (Å²) in [4.78, 5) is 10.5. The first-order valence-corrected chi connectivity index (χ1v) is 2.75. The predicted molar refractivity (Wildman–Crippen MR) is 30.5 cm³/mol. The lowest BCUT2D eigenvalue weighted by Crippen LogP contribution is -2.18. The zero-order chi connectivity index (χ0) is 6.85. The summed E-state index contributed by atoms with van der Waals surface area (Å²) in [6.45, 7) is 1.64. The number of esters is 1. The predicted octanol–water partition coefficient (Wildman–Crippen LogP) is 0.198. The summed E-state index contributed by atoms with van der Waals surface area (Å²) in [5, 5.41) is 8.87. The van der Waals surface area contributed by atoms with Crippen molar-refractivity contribution in [1.29, 1.82) is 0 Å². The second kappa shape index (κ2) is 2.19. The lowest BCUT2D eigenvalue weighted by atomic mass is 10.2. The fourth-order valence-corrected chi connectivity index (χ4v) is 0.756. The normalized spacial score (nSPS) is 27.1. The van der Waals surface area contributed by atoms with Crippen molar-refractivity contribution in [3.05, 3.63) is 11.8 Å². The molecule has 0 aromatic heterocycles. The lowest BCUT2D eigenvalue weighted by molar-refractivity contribution is -0.142. The molecule has 0 radical (unpaired) electrons. The molecule has 0 fully saturated rings. The monoisotopic (exact) mass is 128 g/mol. The standard InChI is InChI=1S/C6H8O3/c1-4-2-5(7)3-6(8)9-4/h2,5,7H,3H2,1H3. The van der Waals surface area contributed by atoms with Gasteiger partial charge in [-0.2, -0.15) is 0 Å². The Balaban J connectivity index is 2.67. The molecule has 1 unspecified atom stereocenters. The summed E-state index contributed by atoms with van der Waals surface area (Å²) in [6.07, 6.45) is 0.949. The minimum absolute atomic E-state index is 0.0807. The molecule has 1 aliphatic rings. The average Bonchev–Trinajstić information content (AvgIpc) is 1.59. The summed E-state index contributed by atoms with van der Waals surface area (Å²) in [5.41, 5.74) is 0. The first-order chi connectivity index (χ1) is 4.18. The van der Waals surface area contributed by atoms with E-state index in [0.29, 0.717) is 5.76 Å². The third-order valence-electron chi connectivity index (χ3n) is 1.08. The molecule has 0 bridgehead atoms. The highest BCUT2D eigenvalue weighted by Gasteiger charge is 2.16. The van der Waals surface area contributed by atoms with E-state index in [2.05, 4.69) is 4.74 Å². The Bertz CT molecular complexity index is 160. The van der Waals surface area contributed by atoms with Gasteiger partial charge in [-0.1, -0.05) is 0 Å². The van der Waals surface area contributed by atoms with Crippen LogP contribution in [0.15, 0.2) is 11.8 Å². The van der Waals surface area contributed by atoms with Gasteiger partial charge in [0, 0.05) is 0 Å². The van der Waals surface area contributed by atoms with Crippen molar-refractivity contribution in [2.75, 3.05) is 0 Å². The maximum Gasteiger partial charge on any atom is 0.313 e. The highest BCUT2D eigenvalue weighted by atomic mass is 16.5. The van der Waals surface area contributed by atoms with Gasteiger partial charge < -0.3 is 9.84 Å². The molecule has 0 aromatic carbocycles. The fraction of sp³-hybridized carbons (Fsp3) is 0.500. The summed E-state index contributed by atoms with van der Waals surface area (Å²) >= 11 is 0. The fourth-order valence-electron chi connectivity index (χ4n) is 0.756. The minimum atomic E-state index is -0.647. The van der Waals surface area contributed by atoms with Crippen LogP contribution in [0.3, 0.4) is 0 Å². The van der Waals surface area contributed by atoms with Crippen molar-refractivity contribution in [3.63, 3.8) is 0 Å². The molecule has 1 N–H and O–H groups in total. The van der Waals surface area contributed by atoms with Crippen LogP contribution in [0.25, 0.3) is 0 Å². The van der Waals surface area contributed by atoms with Crippen molar-refractivity contribution in [2.45, 2.75) is 19.4 Å². The van der Waals surface area contributed by atoms with E-state index in [-0.39, 0.29) is 12.4 Å². The van der Waals surface area contributed by atoms with Gasteiger partial charge in [0.25, 0.3) is 0 Å². The molecular weight excluding hydrogens is 120 g/mol. The zero-order valence-corrected chi connectivity index (χ0v) is 5.13. The SMILES string of the molecule is CC1=CC(O)CC(=O)O1. The molecule has 3 heteroatoms. The van der Waals surface area contributed by atoms with Crippen LogP contribution >= 0.6 is 0 Å². The van der Waals surface area contributed by atoms with Crippen molar-refractivity contribution >= 4 is 5.97 Å². The number of ether oxygens (including phenoxy) is 1. The van der Waals surface area contributed by atoms with Crippen LogP contribution in [-0.2, 0) is 9.53 Å². The van der Waals surface area contributed by atoms with Crippen molar-refractivity contribution < 1.29 is 14.6 Å². The molecular formula is C6H8O3. The Labute approximate surface area is 52.9 Å². The van der Waals surface area contributed by atoms with Gasteiger partial charge in [0.2, 0.25) is 0 Å². The van der Waals surface area contributed by atoms with E-state index in [1.165, 1.54) is 6.08 Å². The van der Waals surface area contributed by atoms with E-state index in [9.17, 15) is 4.79 Å². The van der Waals surface area contributed by atoms with Gasteiger partial charge in [-0.25, -0.2) is 0 Å². The summed E-state index contributed by atoms with van der Waals surface area (Å²) in [6, 6.07) is 0. The van der Waals surface area contributed by atoms with E-state index in [1.54, 1.807) is 6.92 Å². The Kier molecular flexibility index (Phi) is 1.53. The molecule has 1 atom stereocenters. The molecule has 9 heavy (non-hydrogen) atoms. The van der Waals surface area contributed by atoms with Crippen LogP contribution in [-0.4, -0.2) is 17.2 Å². The van der Waals surface area contributed by atoms with E-state index < -0.39 is 6.10 Å². The second-order valence-corrected chi connectivity index (χ2v) is 2.02. The van der Waals surface area contributed by atoms with Gasteiger partial charge in [-0.05, 0) is 13.0 Å². The van der Waals surface area contributed by atoms with Crippen LogP contribution in [0.1, 0.15) is 13.3 Å². The van der Waals surface area contributed by atoms with E-state index in [1.807, 2.05) is 0 Å². The van der Waals surface area contributed by atoms with E-state index in [4.69, 9.17) is 5.11 Å². The zero-order valence-electron chi connectivity index (χ0n) is 5.13. The van der Waals surface area contributed by atoms with Crippen molar-refractivity contribution in [2.24, 2.45) is 0 Å². The summed E-state index contributed by atoms with van der Waals surface area (Å²) < 4.78 is 4.62. The molecule has 0 aliphatic carbocycles. The quantitative estimate of drug-likeness (QED) is 0.474. The highest BCUT2D eigenvalue weighted by molar-refractivity contribution is 5.72. The lowest BCUT2D eigenvalue weighted by Gasteiger charge is -2.13. The third-order valence-corrected chi connectivity index (χ3v) is 1.08. The third kappa shape index (κ3) is 1.54. The maximum atomic E-state index is 10.5. The molecule has 1 heterocycles. The average molecular weight is 128 g/mol. The number of carbonyl (C=O) groups is 1. The minimum Gasteiger partial charge on any atom is -0.432 e. The van der Waals surface area contributed by atoms with Crippen molar-refractivity contribution in [1.82, 2.24) is 0 Å². The smallest absolute Gasteiger partial charge is 0.313 e. The van der Waals surface area contributed by atoms with Gasteiger partial charge in [0.05, 0.1) is 12.5 Å². The van der Waals surface area contributed by atoms with E-state index in [0.717, 1.165) is 0 Å². The number of hydrogen-bond acceptors (Lipinski definition) is 3. The van der Waals surface area contributed by atoms with Crippen LogP contribution in [0.2, 0.25) is 0 Å². The molecule has 0 saturated carbocycles. The maximum absolute atomic E-state index is 10.5. The Hall–Kier alpha value is -0.830. The number of rotatable bonds is 0. The molecule has 3 nitrogen and oxygen atoms in total. The van der Waals surface area contributed by atoms with E-state index >= 15 is 0 Å². The number of aliphatic hydroxyl groups is 1. The molecule has 0 saturated heterocycles. The van der Waals surface area contributed by atoms with Crippen LogP contribution < -0.4 is 0 Å². The summed E-state index contributed by atoms with van der Waals surface area (Å²) in [5.74, 6) is 0.126. The Morgan fingerprint density at radius 1 is 1.89 bits per heavy atom. The van der Waals surface area contributed by atoms with Gasteiger partial charge >= 0.3 is 5.97 Å². The number of allylic oxidation sites excluding steroid dienone is 1. The van der Waals surface area contributed by atoms with Gasteiger partial charge in [0.1, 0.15) is 5.76 Å². The molecule has 0 amide bonds. The number of carbonyl (C=O) groups excluding carboxylic acids is 1. The number of hydrogen-bond donors (Lipinski definition) is 1. The topological polar surface area (TPSA) is 46.5 Å². The van der Waals surface area contributed by atoms with Crippen LogP contribution in [0.5, 0.6) is 0 Å². The van der Waals surface area contributed by atoms with Gasteiger partial charge in [-0.15, -0.1) is 0 Å². The van der Waals surface area contributed by atoms with Crippen LogP contribution in [0, 0.1) is 0 Å². The van der Waals surface area contributed by atoms with Gasteiger partial charge in [0.15, 0.2) is 0 Å². The molecule has 0 spiro atoms. The number of aliphatic hydroxyl groups excluding tert-OH is 1. The van der Waals surface area contributed by atoms with Crippen molar-refractivity contribution in [3.8, 4) is 0 Å². The largest absolute Gasteiger partial charge is 0.432 e. The highest BCUT2D eigenvalue weighted by Crippen LogP contribution is 2.10. The second-order valence-electron chi connectivity index (χ2n) is 2.02. The molecule has 1 rings (SSSR count). The first-order valence-electron chi connectivity index (χ1n) is 2.75. The first kappa shape index (κ1) is 6.29. The van der Waals surface area contributed by atoms with Crippen LogP contribution in [0.4, 0.5) is 0 Å². The summed E-state index contributed by atoms with van der Waals surface area (Å²) in [7, 11) is 0. The molecule has 1 aliphatic heterocycles. The molecule has 50 valence electrons. The van der Waals surface area contributed by atoms with Gasteiger partial charge in [-0.3, -0.25) is 4.79 Å². The Morgan fingerprint density at radius 3 is 3.00 bits per heavy atom. The number of cyclic esters (lactones) is 1. The molecule has 0 aromatic rings. The Morgan fingerprint density at radius 2 is 2.56 bits per heavy atom.